The van der Waals surface area contributed by atoms with Gasteiger partial charge in [0.05, 0.1) is 25.0 Å². The third-order valence-corrected chi connectivity index (χ3v) is 4.38. The summed E-state index contributed by atoms with van der Waals surface area (Å²) >= 11 is 0. The van der Waals surface area contributed by atoms with Crippen molar-refractivity contribution in [1.29, 1.82) is 0 Å². The van der Waals surface area contributed by atoms with Gasteiger partial charge in [-0.2, -0.15) is 4.98 Å². The second-order valence-corrected chi connectivity index (χ2v) is 6.83. The number of hydrogen-bond acceptors (Lipinski definition) is 8. The largest absolute Gasteiger partial charge is 0.481 e. The molecule has 10 heteroatoms. The molecule has 33 heavy (non-hydrogen) atoms. The number of nitrogens with zero attached hydrogens (tertiary/aromatic N) is 3. The molecule has 10 nitrogen and oxygen atoms in total. The molecule has 166 valence electrons. The van der Waals surface area contributed by atoms with Gasteiger partial charge >= 0.3 is 0 Å². The number of anilines is 3. The SMILES string of the molecule is C=CC(=O)Nc1cccc(Oc2nc(Nc3ccc(OC)nc3)ncc2C(=O)NC2C=C2)c1. The second-order valence-electron chi connectivity index (χ2n) is 6.83. The van der Waals surface area contributed by atoms with Crippen molar-refractivity contribution >= 4 is 29.1 Å². The van der Waals surface area contributed by atoms with E-state index in [0.29, 0.717) is 23.0 Å². The number of amides is 2. The van der Waals surface area contributed by atoms with Crippen molar-refractivity contribution in [3.05, 3.63) is 79.2 Å². The summed E-state index contributed by atoms with van der Waals surface area (Å²) in [6.45, 7) is 3.43. The number of ether oxygens (including phenoxy) is 2. The summed E-state index contributed by atoms with van der Waals surface area (Å²) in [5, 5.41) is 8.47. The number of hydrogen-bond donors (Lipinski definition) is 3. The van der Waals surface area contributed by atoms with Crippen molar-refractivity contribution in [3.8, 4) is 17.5 Å². The van der Waals surface area contributed by atoms with E-state index in [-0.39, 0.29) is 35.2 Å². The van der Waals surface area contributed by atoms with Crippen LogP contribution in [-0.2, 0) is 4.79 Å². The van der Waals surface area contributed by atoms with Crippen LogP contribution in [0.2, 0.25) is 0 Å². The molecule has 0 spiro atoms. The third-order valence-electron chi connectivity index (χ3n) is 4.38. The van der Waals surface area contributed by atoms with Crippen LogP contribution in [0.3, 0.4) is 0 Å². The highest BCUT2D eigenvalue weighted by Gasteiger charge is 2.21. The number of methoxy groups -OCH3 is 1. The first-order valence-electron chi connectivity index (χ1n) is 9.88. The minimum Gasteiger partial charge on any atom is -0.481 e. The van der Waals surface area contributed by atoms with Crippen LogP contribution in [0.4, 0.5) is 17.3 Å². The molecular formula is C23H20N6O4. The molecule has 0 saturated heterocycles. The smallest absolute Gasteiger partial charge is 0.259 e. The number of aromatic nitrogens is 3. The van der Waals surface area contributed by atoms with E-state index in [4.69, 9.17) is 9.47 Å². The Morgan fingerprint density at radius 1 is 1.09 bits per heavy atom. The highest BCUT2D eigenvalue weighted by molar-refractivity contribution is 5.99. The zero-order valence-electron chi connectivity index (χ0n) is 17.6. The van der Waals surface area contributed by atoms with E-state index in [2.05, 4.69) is 37.5 Å². The van der Waals surface area contributed by atoms with Gasteiger partial charge in [-0.1, -0.05) is 24.8 Å². The van der Waals surface area contributed by atoms with Gasteiger partial charge < -0.3 is 25.4 Å². The lowest BCUT2D eigenvalue weighted by atomic mass is 10.2. The molecule has 1 aromatic carbocycles. The van der Waals surface area contributed by atoms with Crippen LogP contribution in [0, 0.1) is 0 Å². The first-order chi connectivity index (χ1) is 16.0. The standard InChI is InChI=1S/C23H20N6O4/c1-3-19(30)26-15-5-4-6-17(11-15)33-22-18(21(31)27-14-7-8-14)13-25-23(29-22)28-16-9-10-20(32-2)24-12-16/h3-14H,1H2,2H3,(H,26,30)(H,27,31)(H,25,28,29). The molecule has 4 rings (SSSR count). The molecule has 3 aromatic rings. The van der Waals surface area contributed by atoms with Crippen LogP contribution >= 0.6 is 0 Å². The van der Waals surface area contributed by atoms with Crippen LogP contribution in [0.1, 0.15) is 10.4 Å². The van der Waals surface area contributed by atoms with E-state index >= 15 is 0 Å². The van der Waals surface area contributed by atoms with Crippen LogP contribution in [0.5, 0.6) is 17.5 Å². The molecule has 0 aliphatic heterocycles. The Kier molecular flexibility index (Phi) is 6.26. The zero-order chi connectivity index (χ0) is 23.2. The van der Waals surface area contributed by atoms with Crippen molar-refractivity contribution < 1.29 is 19.1 Å². The van der Waals surface area contributed by atoms with E-state index in [0.717, 1.165) is 6.08 Å². The van der Waals surface area contributed by atoms with Crippen molar-refractivity contribution in [2.75, 3.05) is 17.7 Å². The van der Waals surface area contributed by atoms with Gasteiger partial charge in [0.1, 0.15) is 11.3 Å². The molecule has 2 amide bonds. The Morgan fingerprint density at radius 3 is 2.64 bits per heavy atom. The van der Waals surface area contributed by atoms with Gasteiger partial charge in [-0.25, -0.2) is 9.97 Å². The Labute approximate surface area is 189 Å². The lowest BCUT2D eigenvalue weighted by Gasteiger charge is -2.13. The van der Waals surface area contributed by atoms with Crippen LogP contribution < -0.4 is 25.4 Å². The van der Waals surface area contributed by atoms with E-state index < -0.39 is 0 Å². The summed E-state index contributed by atoms with van der Waals surface area (Å²) < 4.78 is 11.0. The Balaban J connectivity index is 1.60. The normalized spacial score (nSPS) is 11.9. The summed E-state index contributed by atoms with van der Waals surface area (Å²) in [5.41, 5.74) is 1.28. The average Bonchev–Trinajstić information content (AvgIpc) is 3.64. The lowest BCUT2D eigenvalue weighted by Crippen LogP contribution is -2.27. The van der Waals surface area contributed by atoms with Crippen molar-refractivity contribution in [1.82, 2.24) is 20.3 Å². The molecule has 0 radical (unpaired) electrons. The fourth-order valence-electron chi connectivity index (χ4n) is 2.69. The van der Waals surface area contributed by atoms with E-state index in [1.807, 2.05) is 12.2 Å². The summed E-state index contributed by atoms with van der Waals surface area (Å²) in [7, 11) is 1.53. The number of carbonyl (C=O) groups excluding carboxylic acids is 2. The minimum absolute atomic E-state index is 0.0410. The van der Waals surface area contributed by atoms with Crippen molar-refractivity contribution in [3.63, 3.8) is 0 Å². The summed E-state index contributed by atoms with van der Waals surface area (Å²) in [6, 6.07) is 10.0. The quantitative estimate of drug-likeness (QED) is 0.339. The van der Waals surface area contributed by atoms with E-state index in [1.54, 1.807) is 42.6 Å². The fraction of sp³-hybridized carbons (Fsp3) is 0.0870. The summed E-state index contributed by atoms with van der Waals surface area (Å²) in [6.07, 6.45) is 7.80. The maximum Gasteiger partial charge on any atom is 0.259 e. The molecule has 2 heterocycles. The second kappa shape index (κ2) is 9.60. The highest BCUT2D eigenvalue weighted by atomic mass is 16.5. The zero-order valence-corrected chi connectivity index (χ0v) is 17.6. The number of nitrogens with one attached hydrogen (secondary N) is 3. The van der Waals surface area contributed by atoms with Gasteiger partial charge in [-0.3, -0.25) is 9.59 Å². The maximum absolute atomic E-state index is 12.7. The van der Waals surface area contributed by atoms with E-state index in [1.165, 1.54) is 13.3 Å². The first-order valence-corrected chi connectivity index (χ1v) is 9.88. The monoisotopic (exact) mass is 444 g/mol. The Morgan fingerprint density at radius 2 is 1.94 bits per heavy atom. The number of benzene rings is 1. The van der Waals surface area contributed by atoms with Gasteiger partial charge in [0.2, 0.25) is 23.6 Å². The van der Waals surface area contributed by atoms with Crippen LogP contribution in [0.15, 0.2) is 73.6 Å². The maximum atomic E-state index is 12.7. The molecule has 1 aliphatic carbocycles. The van der Waals surface area contributed by atoms with E-state index in [9.17, 15) is 9.59 Å². The molecule has 0 saturated carbocycles. The molecule has 0 bridgehead atoms. The fourth-order valence-corrected chi connectivity index (χ4v) is 2.69. The predicted molar refractivity (Wildman–Crippen MR) is 122 cm³/mol. The van der Waals surface area contributed by atoms with Crippen LogP contribution in [-0.4, -0.2) is 39.9 Å². The topological polar surface area (TPSA) is 127 Å². The summed E-state index contributed by atoms with van der Waals surface area (Å²) in [5.74, 6) is 0.342. The third kappa shape index (κ3) is 5.70. The Hall–Kier alpha value is -4.73. The Bertz CT molecular complexity index is 1220. The van der Waals surface area contributed by atoms with Gasteiger partial charge in [0.15, 0.2) is 0 Å². The number of pyridine rings is 1. The average molecular weight is 444 g/mol. The van der Waals surface area contributed by atoms with Crippen LogP contribution in [0.25, 0.3) is 0 Å². The summed E-state index contributed by atoms with van der Waals surface area (Å²) in [4.78, 5) is 37.0. The van der Waals surface area contributed by atoms with Crippen molar-refractivity contribution in [2.45, 2.75) is 6.04 Å². The number of rotatable bonds is 9. The van der Waals surface area contributed by atoms with Gasteiger partial charge in [-0.05, 0) is 24.3 Å². The molecule has 0 atom stereocenters. The first kappa shape index (κ1) is 21.5. The molecular weight excluding hydrogens is 424 g/mol. The number of carbonyl (C=O) groups is 2. The molecule has 3 N–H and O–H groups in total. The van der Waals surface area contributed by atoms with Gasteiger partial charge in [0, 0.05) is 24.0 Å². The van der Waals surface area contributed by atoms with Crippen molar-refractivity contribution in [2.24, 2.45) is 0 Å². The minimum atomic E-state index is -0.381. The van der Waals surface area contributed by atoms with Gasteiger partial charge in [-0.15, -0.1) is 0 Å². The molecule has 1 aliphatic rings. The highest BCUT2D eigenvalue weighted by Crippen LogP contribution is 2.27. The predicted octanol–water partition coefficient (Wildman–Crippen LogP) is 3.21. The molecule has 0 fully saturated rings. The van der Waals surface area contributed by atoms with Gasteiger partial charge in [0.25, 0.3) is 5.91 Å². The lowest BCUT2D eigenvalue weighted by molar-refractivity contribution is -0.111. The molecule has 2 aromatic heterocycles. The molecule has 0 unspecified atom stereocenters.